The molecule has 1 aliphatic rings. The molecule has 1 aliphatic carbocycles. The molecule has 0 bridgehead atoms. The van der Waals surface area contributed by atoms with Crippen molar-refractivity contribution in [1.29, 1.82) is 0 Å². The molecule has 0 fully saturated rings. The number of ether oxygens (including phenoxy) is 1. The number of hydrogen-bond donors (Lipinski definition) is 1. The number of ketones is 1. The summed E-state index contributed by atoms with van der Waals surface area (Å²) in [6.07, 6.45) is 7.30. The maximum Gasteiger partial charge on any atom is 0.192 e. The molecular formula is C15H16O3. The molecule has 1 aromatic carbocycles. The maximum absolute atomic E-state index is 12.2. The summed E-state index contributed by atoms with van der Waals surface area (Å²) in [5, 5.41) is 9.87. The average Bonchev–Trinajstić information content (AvgIpc) is 2.40. The molecule has 0 aromatic heterocycles. The molecular weight excluding hydrogens is 228 g/mol. The van der Waals surface area contributed by atoms with Gasteiger partial charge in [0.15, 0.2) is 5.78 Å². The Morgan fingerprint density at radius 2 is 2.28 bits per heavy atom. The van der Waals surface area contributed by atoms with Crippen molar-refractivity contribution in [2.24, 2.45) is 0 Å². The lowest BCUT2D eigenvalue weighted by Gasteiger charge is -2.10. The molecule has 94 valence electrons. The number of phenols is 1. The van der Waals surface area contributed by atoms with Gasteiger partial charge >= 0.3 is 0 Å². The summed E-state index contributed by atoms with van der Waals surface area (Å²) >= 11 is 0. The van der Waals surface area contributed by atoms with Gasteiger partial charge in [-0.1, -0.05) is 18.2 Å². The smallest absolute Gasteiger partial charge is 0.192 e. The predicted octanol–water partition coefficient (Wildman–Crippen LogP) is 3.25. The van der Waals surface area contributed by atoms with Crippen LogP contribution in [0.15, 0.2) is 42.0 Å². The second-order valence-corrected chi connectivity index (χ2v) is 4.10. The Morgan fingerprint density at radius 3 is 2.89 bits per heavy atom. The number of allylic oxidation sites excluding steroid dienone is 4. The lowest BCUT2D eigenvalue weighted by molar-refractivity contribution is 0.102. The molecule has 0 saturated carbocycles. The van der Waals surface area contributed by atoms with E-state index in [4.69, 9.17) is 4.74 Å². The summed E-state index contributed by atoms with van der Waals surface area (Å²) in [6, 6.07) is 4.80. The van der Waals surface area contributed by atoms with Crippen molar-refractivity contribution in [3.05, 3.63) is 47.6 Å². The van der Waals surface area contributed by atoms with Gasteiger partial charge in [0.2, 0.25) is 0 Å². The molecule has 0 atom stereocenters. The fourth-order valence-corrected chi connectivity index (χ4v) is 1.92. The van der Waals surface area contributed by atoms with Crippen molar-refractivity contribution < 1.29 is 14.6 Å². The Balaban J connectivity index is 2.25. The van der Waals surface area contributed by atoms with E-state index in [2.05, 4.69) is 0 Å². The minimum absolute atomic E-state index is 0.0265. The molecule has 1 aromatic rings. The molecule has 0 spiro atoms. The minimum atomic E-state index is -0.111. The number of carbonyl (C=O) groups excluding carboxylic acids is 1. The third-order valence-corrected chi connectivity index (χ3v) is 2.83. The van der Waals surface area contributed by atoms with Gasteiger partial charge < -0.3 is 9.84 Å². The molecule has 0 heterocycles. The largest absolute Gasteiger partial charge is 0.507 e. The van der Waals surface area contributed by atoms with Crippen LogP contribution in [0.25, 0.3) is 0 Å². The minimum Gasteiger partial charge on any atom is -0.507 e. The number of rotatable bonds is 4. The van der Waals surface area contributed by atoms with E-state index in [9.17, 15) is 9.90 Å². The number of aromatic hydroxyl groups is 1. The van der Waals surface area contributed by atoms with Crippen molar-refractivity contribution in [3.63, 3.8) is 0 Å². The van der Waals surface area contributed by atoms with Gasteiger partial charge in [0.1, 0.15) is 11.5 Å². The standard InChI is InChI=1S/C15H16O3/c1-2-18-12-8-9-13(14(16)10-12)15(17)11-6-4-3-5-7-11/h3-4,6,8-10,16H,2,5,7H2,1H3. The van der Waals surface area contributed by atoms with Crippen LogP contribution in [0.4, 0.5) is 0 Å². The van der Waals surface area contributed by atoms with Crippen LogP contribution in [-0.2, 0) is 0 Å². The molecule has 3 nitrogen and oxygen atoms in total. The molecule has 0 radical (unpaired) electrons. The zero-order chi connectivity index (χ0) is 13.0. The van der Waals surface area contributed by atoms with E-state index in [1.54, 1.807) is 12.1 Å². The molecule has 2 rings (SSSR count). The second-order valence-electron chi connectivity index (χ2n) is 4.10. The quantitative estimate of drug-likeness (QED) is 0.827. The molecule has 0 aliphatic heterocycles. The van der Waals surface area contributed by atoms with Crippen LogP contribution < -0.4 is 4.74 Å². The summed E-state index contributed by atoms with van der Waals surface area (Å²) in [5.74, 6) is 0.436. The zero-order valence-corrected chi connectivity index (χ0v) is 10.3. The highest BCUT2D eigenvalue weighted by molar-refractivity contribution is 6.10. The van der Waals surface area contributed by atoms with Gasteiger partial charge in [0.05, 0.1) is 12.2 Å². The first-order valence-corrected chi connectivity index (χ1v) is 6.08. The lowest BCUT2D eigenvalue weighted by Crippen LogP contribution is -2.05. The van der Waals surface area contributed by atoms with Crippen LogP contribution in [0, 0.1) is 0 Å². The summed E-state index contributed by atoms with van der Waals surface area (Å²) in [5.41, 5.74) is 1.07. The summed E-state index contributed by atoms with van der Waals surface area (Å²) in [4.78, 5) is 12.2. The van der Waals surface area contributed by atoms with Crippen molar-refractivity contribution in [3.8, 4) is 11.5 Å². The molecule has 0 saturated heterocycles. The van der Waals surface area contributed by atoms with Crippen LogP contribution in [0.3, 0.4) is 0 Å². The molecule has 1 N–H and O–H groups in total. The third kappa shape index (κ3) is 2.62. The Bertz CT molecular complexity index is 512. The van der Waals surface area contributed by atoms with Crippen molar-refractivity contribution >= 4 is 5.78 Å². The van der Waals surface area contributed by atoms with Gasteiger partial charge in [-0.2, -0.15) is 0 Å². The first-order chi connectivity index (χ1) is 8.72. The molecule has 3 heteroatoms. The number of carbonyl (C=O) groups is 1. The van der Waals surface area contributed by atoms with Gasteiger partial charge in [-0.15, -0.1) is 0 Å². The van der Waals surface area contributed by atoms with E-state index in [1.165, 1.54) is 6.07 Å². The highest BCUT2D eigenvalue weighted by Gasteiger charge is 2.16. The number of benzene rings is 1. The van der Waals surface area contributed by atoms with E-state index in [1.807, 2.05) is 25.2 Å². The van der Waals surface area contributed by atoms with E-state index < -0.39 is 0 Å². The first-order valence-electron chi connectivity index (χ1n) is 6.08. The van der Waals surface area contributed by atoms with Crippen molar-refractivity contribution in [2.45, 2.75) is 19.8 Å². The predicted molar refractivity (Wildman–Crippen MR) is 70.1 cm³/mol. The SMILES string of the molecule is CCOc1ccc(C(=O)C2=CC=CCC2)c(O)c1. The molecule has 0 unspecified atom stereocenters. The topological polar surface area (TPSA) is 46.5 Å². The number of hydrogen-bond acceptors (Lipinski definition) is 3. The normalized spacial score (nSPS) is 14.2. The second kappa shape index (κ2) is 5.54. The van der Waals surface area contributed by atoms with Gasteiger partial charge in [-0.25, -0.2) is 0 Å². The van der Waals surface area contributed by atoms with Crippen molar-refractivity contribution in [2.75, 3.05) is 6.61 Å². The summed E-state index contributed by atoms with van der Waals surface area (Å²) < 4.78 is 5.27. The van der Waals surface area contributed by atoms with Crippen LogP contribution in [0.1, 0.15) is 30.1 Å². The summed E-state index contributed by atoms with van der Waals surface area (Å²) in [6.45, 7) is 2.40. The van der Waals surface area contributed by atoms with Crippen LogP contribution >= 0.6 is 0 Å². The van der Waals surface area contributed by atoms with Gasteiger partial charge in [-0.3, -0.25) is 4.79 Å². The Labute approximate surface area is 106 Å². The van der Waals surface area contributed by atoms with Gasteiger partial charge in [0, 0.05) is 11.6 Å². The Kier molecular flexibility index (Phi) is 3.82. The van der Waals surface area contributed by atoms with E-state index >= 15 is 0 Å². The van der Waals surface area contributed by atoms with E-state index in [-0.39, 0.29) is 11.5 Å². The average molecular weight is 244 g/mol. The summed E-state index contributed by atoms with van der Waals surface area (Å²) in [7, 11) is 0. The monoisotopic (exact) mass is 244 g/mol. The first kappa shape index (κ1) is 12.4. The molecule has 0 amide bonds. The van der Waals surface area contributed by atoms with Gasteiger partial charge in [0.25, 0.3) is 0 Å². The highest BCUT2D eigenvalue weighted by atomic mass is 16.5. The Hall–Kier alpha value is -2.03. The lowest BCUT2D eigenvalue weighted by atomic mass is 9.96. The maximum atomic E-state index is 12.2. The van der Waals surface area contributed by atoms with Crippen LogP contribution in [-0.4, -0.2) is 17.5 Å². The number of Topliss-reactive ketones (excluding diaryl/α,β-unsaturated/α-hetero) is 1. The van der Waals surface area contributed by atoms with Crippen LogP contribution in [0.2, 0.25) is 0 Å². The highest BCUT2D eigenvalue weighted by Crippen LogP contribution is 2.27. The van der Waals surface area contributed by atoms with Gasteiger partial charge in [-0.05, 0) is 31.9 Å². The fourth-order valence-electron chi connectivity index (χ4n) is 1.92. The van der Waals surface area contributed by atoms with Crippen LogP contribution in [0.5, 0.6) is 11.5 Å². The van der Waals surface area contributed by atoms with E-state index in [0.29, 0.717) is 17.9 Å². The van der Waals surface area contributed by atoms with Crippen molar-refractivity contribution in [1.82, 2.24) is 0 Å². The van der Waals surface area contributed by atoms with E-state index in [0.717, 1.165) is 18.4 Å². The molecule has 18 heavy (non-hydrogen) atoms. The Morgan fingerprint density at radius 1 is 1.44 bits per heavy atom. The fraction of sp³-hybridized carbons (Fsp3) is 0.267. The zero-order valence-electron chi connectivity index (χ0n) is 10.3. The number of phenolic OH excluding ortho intramolecular Hbond substituents is 1. The third-order valence-electron chi connectivity index (χ3n) is 2.83.